The SMILES string of the molecule is F[B-](F)(F)c1cc2sccc2s1. The summed E-state index contributed by atoms with van der Waals surface area (Å²) in [5.41, 5.74) is 0. The molecule has 12 heavy (non-hydrogen) atoms. The van der Waals surface area contributed by atoms with E-state index >= 15 is 0 Å². The summed E-state index contributed by atoms with van der Waals surface area (Å²) in [6.45, 7) is -4.80. The summed E-state index contributed by atoms with van der Waals surface area (Å²) in [4.78, 5) is 0. The Morgan fingerprint density at radius 2 is 1.92 bits per heavy atom. The summed E-state index contributed by atoms with van der Waals surface area (Å²) in [7, 11) is 0. The van der Waals surface area contributed by atoms with Crippen LogP contribution in [0.4, 0.5) is 12.9 Å². The van der Waals surface area contributed by atoms with Crippen molar-refractivity contribution < 1.29 is 12.9 Å². The van der Waals surface area contributed by atoms with E-state index in [2.05, 4.69) is 0 Å². The van der Waals surface area contributed by atoms with E-state index in [9.17, 15) is 12.9 Å². The van der Waals surface area contributed by atoms with Crippen LogP contribution in [0.15, 0.2) is 17.5 Å². The minimum Gasteiger partial charge on any atom is -0.444 e. The first-order chi connectivity index (χ1) is 5.57. The fraction of sp³-hybridized carbons (Fsp3) is 0. The van der Waals surface area contributed by atoms with Gasteiger partial charge in [0, 0.05) is 9.40 Å². The van der Waals surface area contributed by atoms with E-state index in [-0.39, 0.29) is 0 Å². The lowest BCUT2D eigenvalue weighted by atomic mass is 9.90. The molecule has 0 spiro atoms. The minimum absolute atomic E-state index is 0.447. The molecule has 64 valence electrons. The van der Waals surface area contributed by atoms with Crippen molar-refractivity contribution in [1.82, 2.24) is 0 Å². The van der Waals surface area contributed by atoms with E-state index in [1.165, 1.54) is 17.4 Å². The van der Waals surface area contributed by atoms with Crippen molar-refractivity contribution >= 4 is 43.8 Å². The maximum absolute atomic E-state index is 12.2. The summed E-state index contributed by atoms with van der Waals surface area (Å²) in [5, 5.41) is 1.80. The Bertz CT molecular complexity index is 371. The summed E-state index contributed by atoms with van der Waals surface area (Å²) in [6.07, 6.45) is 0. The summed E-state index contributed by atoms with van der Waals surface area (Å²) >= 11 is 2.17. The van der Waals surface area contributed by atoms with Gasteiger partial charge in [-0.25, -0.2) is 0 Å². The van der Waals surface area contributed by atoms with Crippen LogP contribution in [0.25, 0.3) is 9.40 Å². The summed E-state index contributed by atoms with van der Waals surface area (Å²) < 4.78 is 37.6. The van der Waals surface area contributed by atoms with Gasteiger partial charge in [0.05, 0.1) is 0 Å². The second kappa shape index (κ2) is 2.50. The highest BCUT2D eigenvalue weighted by molar-refractivity contribution is 7.33. The van der Waals surface area contributed by atoms with Crippen molar-refractivity contribution in [1.29, 1.82) is 0 Å². The standard InChI is InChI=1S/C6H3BF3S2/c8-7(9,10)6-3-5-4(12-6)1-2-11-5/h1-3H/q-1. The maximum atomic E-state index is 12.2. The Hall–Kier alpha value is -0.485. The Kier molecular flexibility index (Phi) is 1.69. The zero-order chi connectivity index (χ0) is 8.77. The molecule has 0 nitrogen and oxygen atoms in total. The van der Waals surface area contributed by atoms with E-state index in [0.29, 0.717) is 0 Å². The molecule has 0 aliphatic heterocycles. The average Bonchev–Trinajstić information content (AvgIpc) is 2.37. The first kappa shape index (κ1) is 8.13. The normalized spacial score (nSPS) is 12.6. The highest BCUT2D eigenvalue weighted by Gasteiger charge is 2.27. The van der Waals surface area contributed by atoms with E-state index in [1.807, 2.05) is 0 Å². The predicted molar refractivity (Wildman–Crippen MR) is 48.4 cm³/mol. The third-order valence-corrected chi connectivity index (χ3v) is 3.67. The van der Waals surface area contributed by atoms with Crippen molar-refractivity contribution in [3.63, 3.8) is 0 Å². The van der Waals surface area contributed by atoms with Gasteiger partial charge in [0.15, 0.2) is 0 Å². The molecular formula is C6H3BF3S2-. The molecule has 0 unspecified atom stereocenters. The molecule has 2 heterocycles. The molecule has 0 saturated heterocycles. The van der Waals surface area contributed by atoms with Crippen LogP contribution in [0.1, 0.15) is 0 Å². The van der Waals surface area contributed by atoms with Crippen molar-refractivity contribution in [3.05, 3.63) is 17.5 Å². The lowest BCUT2D eigenvalue weighted by Gasteiger charge is -2.09. The lowest BCUT2D eigenvalue weighted by molar-refractivity contribution is 0.503. The van der Waals surface area contributed by atoms with Crippen molar-refractivity contribution in [2.24, 2.45) is 0 Å². The van der Waals surface area contributed by atoms with Gasteiger partial charge in [-0.1, -0.05) is 10.8 Å². The summed E-state index contributed by atoms with van der Waals surface area (Å²) in [5.74, 6) is 0. The zero-order valence-corrected chi connectivity index (χ0v) is 7.39. The van der Waals surface area contributed by atoms with Gasteiger partial charge in [0.25, 0.3) is 0 Å². The molecule has 0 fully saturated rings. The largest absolute Gasteiger partial charge is 0.519 e. The zero-order valence-electron chi connectivity index (χ0n) is 5.76. The molecule has 0 atom stereocenters. The van der Waals surface area contributed by atoms with E-state index < -0.39 is 11.8 Å². The van der Waals surface area contributed by atoms with Gasteiger partial charge >= 0.3 is 6.98 Å². The summed E-state index contributed by atoms with van der Waals surface area (Å²) in [6, 6.07) is 2.95. The molecule has 0 N–H and O–H groups in total. The third-order valence-electron chi connectivity index (χ3n) is 1.48. The molecule has 6 heteroatoms. The highest BCUT2D eigenvalue weighted by atomic mass is 32.1. The molecule has 0 aromatic carbocycles. The highest BCUT2D eigenvalue weighted by Crippen LogP contribution is 2.27. The van der Waals surface area contributed by atoms with Crippen LogP contribution in [-0.4, -0.2) is 6.98 Å². The van der Waals surface area contributed by atoms with Crippen LogP contribution in [-0.2, 0) is 0 Å². The fourth-order valence-corrected chi connectivity index (χ4v) is 2.97. The van der Waals surface area contributed by atoms with Crippen LogP contribution in [0, 0.1) is 0 Å². The van der Waals surface area contributed by atoms with Crippen molar-refractivity contribution in [2.45, 2.75) is 0 Å². The molecule has 0 radical (unpaired) electrons. The molecule has 2 aromatic rings. The van der Waals surface area contributed by atoms with Crippen molar-refractivity contribution in [3.8, 4) is 0 Å². The third kappa shape index (κ3) is 1.25. The first-order valence-electron chi connectivity index (χ1n) is 3.24. The Balaban J connectivity index is 2.59. The molecule has 0 bridgehead atoms. The Morgan fingerprint density at radius 1 is 1.17 bits per heavy atom. The average molecular weight is 207 g/mol. The molecule has 0 aliphatic rings. The lowest BCUT2D eigenvalue weighted by Crippen LogP contribution is -2.30. The number of thiophene rings is 2. The van der Waals surface area contributed by atoms with E-state index in [4.69, 9.17) is 0 Å². The molecular weight excluding hydrogens is 204 g/mol. The quantitative estimate of drug-likeness (QED) is 0.630. The molecule has 2 aromatic heterocycles. The Morgan fingerprint density at radius 3 is 2.50 bits per heavy atom. The van der Waals surface area contributed by atoms with Gasteiger partial charge in [-0.3, -0.25) is 0 Å². The number of rotatable bonds is 1. The first-order valence-corrected chi connectivity index (χ1v) is 4.94. The van der Waals surface area contributed by atoms with Gasteiger partial charge in [-0.05, 0) is 11.4 Å². The number of hydrogen-bond acceptors (Lipinski definition) is 2. The number of fused-ring (bicyclic) bond motifs is 1. The number of hydrogen-bond donors (Lipinski definition) is 0. The molecule has 0 aliphatic carbocycles. The van der Waals surface area contributed by atoms with Crippen LogP contribution >= 0.6 is 22.7 Å². The monoisotopic (exact) mass is 207 g/mol. The van der Waals surface area contributed by atoms with Gasteiger partial charge in [-0.15, -0.1) is 11.3 Å². The van der Waals surface area contributed by atoms with Crippen molar-refractivity contribution in [2.75, 3.05) is 0 Å². The van der Waals surface area contributed by atoms with Gasteiger partial charge < -0.3 is 12.9 Å². The van der Waals surface area contributed by atoms with E-state index in [0.717, 1.165) is 20.7 Å². The Labute approximate surface area is 74.7 Å². The number of halogens is 3. The van der Waals surface area contributed by atoms with E-state index in [1.54, 1.807) is 11.4 Å². The molecule has 2 rings (SSSR count). The molecule has 0 amide bonds. The minimum atomic E-state index is -4.80. The molecule has 0 saturated carbocycles. The van der Waals surface area contributed by atoms with Gasteiger partial charge in [-0.2, -0.15) is 11.3 Å². The maximum Gasteiger partial charge on any atom is 0.519 e. The van der Waals surface area contributed by atoms with Crippen LogP contribution in [0.5, 0.6) is 0 Å². The van der Waals surface area contributed by atoms with Crippen LogP contribution < -0.4 is 4.78 Å². The van der Waals surface area contributed by atoms with Gasteiger partial charge in [0.1, 0.15) is 0 Å². The fourth-order valence-electron chi connectivity index (χ4n) is 0.946. The second-order valence-electron chi connectivity index (χ2n) is 2.37. The van der Waals surface area contributed by atoms with Crippen LogP contribution in [0.3, 0.4) is 0 Å². The van der Waals surface area contributed by atoms with Gasteiger partial charge in [0.2, 0.25) is 0 Å². The second-order valence-corrected chi connectivity index (χ2v) is 4.44. The smallest absolute Gasteiger partial charge is 0.444 e. The topological polar surface area (TPSA) is 0 Å². The van der Waals surface area contributed by atoms with Crippen LogP contribution in [0.2, 0.25) is 0 Å². The predicted octanol–water partition coefficient (Wildman–Crippen LogP) is 3.02.